The molecule has 3 atom stereocenters. The van der Waals surface area contributed by atoms with Gasteiger partial charge in [-0.25, -0.2) is 4.79 Å². The first-order chi connectivity index (χ1) is 21.6. The van der Waals surface area contributed by atoms with E-state index < -0.39 is 29.0 Å². The summed E-state index contributed by atoms with van der Waals surface area (Å²) in [7, 11) is 0. The van der Waals surface area contributed by atoms with Crippen LogP contribution in [0.4, 0.5) is 4.79 Å². The Bertz CT molecular complexity index is 1770. The van der Waals surface area contributed by atoms with Gasteiger partial charge in [0.2, 0.25) is 5.91 Å². The fourth-order valence-corrected chi connectivity index (χ4v) is 5.73. The van der Waals surface area contributed by atoms with E-state index in [-0.39, 0.29) is 24.6 Å². The number of imide groups is 1. The zero-order valence-electron chi connectivity index (χ0n) is 25.0. The first kappa shape index (κ1) is 31.3. The first-order valence-electron chi connectivity index (χ1n) is 14.7. The van der Waals surface area contributed by atoms with Crippen molar-refractivity contribution in [1.29, 1.82) is 0 Å². The van der Waals surface area contributed by atoms with Gasteiger partial charge in [0.15, 0.2) is 11.6 Å². The van der Waals surface area contributed by atoms with Gasteiger partial charge in [-0.3, -0.25) is 19.7 Å². The molecule has 9 nitrogen and oxygen atoms in total. The van der Waals surface area contributed by atoms with Crippen molar-refractivity contribution in [2.24, 2.45) is 16.9 Å². The molecule has 2 unspecified atom stereocenters. The third kappa shape index (κ3) is 7.17. The summed E-state index contributed by atoms with van der Waals surface area (Å²) >= 11 is 0. The predicted molar refractivity (Wildman–Crippen MR) is 172 cm³/mol. The number of allylic oxidation sites excluding steroid dienone is 4. The van der Waals surface area contributed by atoms with Crippen molar-refractivity contribution >= 4 is 34.5 Å². The zero-order chi connectivity index (χ0) is 32.0. The van der Waals surface area contributed by atoms with E-state index in [9.17, 15) is 19.2 Å². The van der Waals surface area contributed by atoms with Crippen LogP contribution in [-0.4, -0.2) is 40.1 Å². The minimum absolute atomic E-state index is 0.0721. The minimum Gasteiger partial charge on any atom is -0.444 e. The highest BCUT2D eigenvalue weighted by Crippen LogP contribution is 2.38. The standard InChI is InChI=1S/C36H36N4O5/c1-35(38,33(43)40-34(44)45-22-24-14-16-26(17-15-24)31(41)25-10-4-2-5-11-25)23-36(18-8-3-9-19-36)32(42)29(37)20-27-21-39-30-13-7-6-12-28(27)30/h2-18,21,29,39H,19-20,22-23,37-38H2,1H3,(H,40,43,44)/t29-,35?,36?/m0/s1. The summed E-state index contributed by atoms with van der Waals surface area (Å²) in [6.07, 6.45) is 8.60. The molecular weight excluding hydrogens is 568 g/mol. The van der Waals surface area contributed by atoms with Crippen molar-refractivity contribution in [2.45, 2.75) is 44.4 Å². The molecule has 0 radical (unpaired) electrons. The van der Waals surface area contributed by atoms with Crippen LogP contribution in [0.2, 0.25) is 0 Å². The van der Waals surface area contributed by atoms with E-state index in [1.165, 1.54) is 6.92 Å². The third-order valence-corrected chi connectivity index (χ3v) is 8.13. The van der Waals surface area contributed by atoms with Crippen LogP contribution in [-0.2, 0) is 27.4 Å². The summed E-state index contributed by atoms with van der Waals surface area (Å²) < 4.78 is 5.25. The molecule has 3 aromatic carbocycles. The van der Waals surface area contributed by atoms with Crippen molar-refractivity contribution in [3.05, 3.63) is 132 Å². The Morgan fingerprint density at radius 3 is 2.36 bits per heavy atom. The van der Waals surface area contributed by atoms with Gasteiger partial charge in [0, 0.05) is 28.2 Å². The number of ether oxygens (including phenoxy) is 1. The molecule has 1 aliphatic carbocycles. The fraction of sp³-hybridized carbons (Fsp3) is 0.222. The molecule has 0 aliphatic heterocycles. The largest absolute Gasteiger partial charge is 0.444 e. The predicted octanol–water partition coefficient (Wildman–Crippen LogP) is 4.90. The lowest BCUT2D eigenvalue weighted by Crippen LogP contribution is -2.58. The van der Waals surface area contributed by atoms with Crippen molar-refractivity contribution < 1.29 is 23.9 Å². The van der Waals surface area contributed by atoms with Gasteiger partial charge < -0.3 is 21.2 Å². The summed E-state index contributed by atoms with van der Waals surface area (Å²) in [6, 6.07) is 22.5. The molecule has 0 fully saturated rings. The molecule has 9 heteroatoms. The first-order valence-corrected chi connectivity index (χ1v) is 14.7. The number of amides is 2. The number of nitrogens with one attached hydrogen (secondary N) is 2. The number of rotatable bonds is 11. The zero-order valence-corrected chi connectivity index (χ0v) is 25.0. The Labute approximate surface area is 261 Å². The molecule has 0 saturated heterocycles. The van der Waals surface area contributed by atoms with Crippen LogP contribution in [0.25, 0.3) is 10.9 Å². The molecule has 1 heterocycles. The number of hydrogen-bond donors (Lipinski definition) is 4. The number of Topliss-reactive ketones (excluding diaryl/α,β-unsaturated/α-hetero) is 1. The van der Waals surface area contributed by atoms with Gasteiger partial charge in [-0.2, -0.15) is 0 Å². The van der Waals surface area contributed by atoms with Crippen LogP contribution in [0.1, 0.15) is 46.8 Å². The molecular formula is C36H36N4O5. The number of nitrogens with two attached hydrogens (primary N) is 2. The van der Waals surface area contributed by atoms with Gasteiger partial charge in [-0.05, 0) is 43.4 Å². The number of para-hydroxylation sites is 1. The monoisotopic (exact) mass is 604 g/mol. The summed E-state index contributed by atoms with van der Waals surface area (Å²) in [4.78, 5) is 55.5. The van der Waals surface area contributed by atoms with Crippen LogP contribution in [0.5, 0.6) is 0 Å². The quantitative estimate of drug-likeness (QED) is 0.177. The summed E-state index contributed by atoms with van der Waals surface area (Å²) in [5.74, 6) is -1.14. The Kier molecular flexibility index (Phi) is 9.22. The number of H-pyrrole nitrogens is 1. The van der Waals surface area contributed by atoms with Crippen LogP contribution in [0, 0.1) is 5.41 Å². The lowest BCUT2D eigenvalue weighted by atomic mass is 9.67. The van der Waals surface area contributed by atoms with Crippen molar-refractivity contribution in [3.8, 4) is 0 Å². The number of aromatic amines is 1. The molecule has 230 valence electrons. The van der Waals surface area contributed by atoms with Crippen LogP contribution in [0.3, 0.4) is 0 Å². The molecule has 45 heavy (non-hydrogen) atoms. The molecule has 0 bridgehead atoms. The van der Waals surface area contributed by atoms with Gasteiger partial charge >= 0.3 is 6.09 Å². The number of alkyl carbamates (subject to hydrolysis) is 1. The molecule has 0 saturated carbocycles. The van der Waals surface area contributed by atoms with E-state index in [1.54, 1.807) is 60.7 Å². The molecule has 5 rings (SSSR count). The van der Waals surface area contributed by atoms with Crippen LogP contribution in [0.15, 0.2) is 109 Å². The molecule has 4 aromatic rings. The smallest absolute Gasteiger partial charge is 0.414 e. The van der Waals surface area contributed by atoms with E-state index in [1.807, 2.05) is 48.7 Å². The average Bonchev–Trinajstić information content (AvgIpc) is 3.46. The lowest BCUT2D eigenvalue weighted by Gasteiger charge is -2.37. The fourth-order valence-electron chi connectivity index (χ4n) is 5.73. The normalized spacial score (nSPS) is 17.8. The minimum atomic E-state index is -1.61. The Morgan fingerprint density at radius 1 is 0.956 bits per heavy atom. The number of hydrogen-bond acceptors (Lipinski definition) is 7. The van der Waals surface area contributed by atoms with Gasteiger partial charge in [0.1, 0.15) is 6.61 Å². The molecule has 6 N–H and O–H groups in total. The van der Waals surface area contributed by atoms with E-state index in [0.29, 0.717) is 29.5 Å². The van der Waals surface area contributed by atoms with E-state index in [2.05, 4.69) is 10.3 Å². The highest BCUT2D eigenvalue weighted by molar-refractivity contribution is 6.09. The topological polar surface area (TPSA) is 157 Å². The number of fused-ring (bicyclic) bond motifs is 1. The lowest BCUT2D eigenvalue weighted by molar-refractivity contribution is -0.131. The van der Waals surface area contributed by atoms with E-state index in [4.69, 9.17) is 16.2 Å². The maximum atomic E-state index is 13.9. The number of aromatic nitrogens is 1. The number of benzene rings is 3. The Morgan fingerprint density at radius 2 is 1.64 bits per heavy atom. The van der Waals surface area contributed by atoms with Crippen LogP contribution < -0.4 is 16.8 Å². The van der Waals surface area contributed by atoms with Crippen molar-refractivity contribution in [2.75, 3.05) is 0 Å². The molecule has 1 aliphatic rings. The van der Waals surface area contributed by atoms with Crippen molar-refractivity contribution in [3.63, 3.8) is 0 Å². The second kappa shape index (κ2) is 13.3. The number of carbonyl (C=O) groups excluding carboxylic acids is 4. The van der Waals surface area contributed by atoms with E-state index >= 15 is 0 Å². The Hall–Kier alpha value is -5.12. The average molecular weight is 605 g/mol. The maximum Gasteiger partial charge on any atom is 0.414 e. The van der Waals surface area contributed by atoms with Gasteiger partial charge in [0.05, 0.1) is 17.0 Å². The van der Waals surface area contributed by atoms with Gasteiger partial charge in [-0.15, -0.1) is 0 Å². The van der Waals surface area contributed by atoms with Crippen molar-refractivity contribution in [1.82, 2.24) is 10.3 Å². The summed E-state index contributed by atoms with van der Waals surface area (Å²) in [5, 5.41) is 3.20. The molecule has 1 aromatic heterocycles. The summed E-state index contributed by atoms with van der Waals surface area (Å²) in [5.41, 5.74) is 13.8. The third-order valence-electron chi connectivity index (χ3n) is 8.13. The number of ketones is 2. The van der Waals surface area contributed by atoms with Gasteiger partial charge in [0.25, 0.3) is 0 Å². The number of carbonyl (C=O) groups is 4. The van der Waals surface area contributed by atoms with Gasteiger partial charge in [-0.1, -0.05) is 97.1 Å². The second-order valence-electron chi connectivity index (χ2n) is 11.7. The van der Waals surface area contributed by atoms with E-state index in [0.717, 1.165) is 16.5 Å². The highest BCUT2D eigenvalue weighted by atomic mass is 16.5. The Balaban J connectivity index is 1.19. The molecule has 2 amide bonds. The SMILES string of the molecule is CC(N)(CC1(C(=O)[C@@H](N)Cc2c[nH]c3ccccc23)C=CC=CC1)C(=O)NC(=O)OCc1ccc(C(=O)c2ccccc2)cc1. The molecule has 0 spiro atoms. The van der Waals surface area contributed by atoms with Crippen LogP contribution >= 0.6 is 0 Å². The second-order valence-corrected chi connectivity index (χ2v) is 11.7. The maximum absolute atomic E-state index is 13.9. The highest BCUT2D eigenvalue weighted by Gasteiger charge is 2.46. The summed E-state index contributed by atoms with van der Waals surface area (Å²) in [6.45, 7) is 1.35.